The number of aromatic nitrogens is 3. The second-order valence-corrected chi connectivity index (χ2v) is 4.64. The summed E-state index contributed by atoms with van der Waals surface area (Å²) in [6, 6.07) is 6.37. The second-order valence-electron chi connectivity index (χ2n) is 4.25. The van der Waals surface area contributed by atoms with Gasteiger partial charge in [-0.2, -0.15) is 5.10 Å². The molecule has 4 heteroatoms. The number of hydrogen-bond donors (Lipinski definition) is 1. The molecule has 1 heterocycles. The molecule has 0 spiro atoms. The largest absolute Gasteiger partial charge is 0.303 e. The Morgan fingerprint density at radius 1 is 1.41 bits per heavy atom. The number of nitrogens with zero attached hydrogens (tertiary/aromatic N) is 2. The first-order valence-corrected chi connectivity index (χ1v) is 6.26. The zero-order valence-corrected chi connectivity index (χ0v) is 11.3. The number of hydrogen-bond acceptors (Lipinski definition) is 2. The summed E-state index contributed by atoms with van der Waals surface area (Å²) in [5.41, 5.74) is 3.84. The van der Waals surface area contributed by atoms with Gasteiger partial charge in [0.1, 0.15) is 0 Å². The minimum absolute atomic E-state index is 0.653. The van der Waals surface area contributed by atoms with Gasteiger partial charge in [0.25, 0.3) is 0 Å². The molecule has 2 rings (SSSR count). The van der Waals surface area contributed by atoms with Gasteiger partial charge in [0.05, 0.1) is 0 Å². The van der Waals surface area contributed by atoms with E-state index < -0.39 is 0 Å². The van der Waals surface area contributed by atoms with E-state index in [1.165, 1.54) is 11.1 Å². The van der Waals surface area contributed by atoms with Crippen molar-refractivity contribution >= 4 is 12.2 Å². The van der Waals surface area contributed by atoms with Gasteiger partial charge < -0.3 is 4.57 Å². The molecule has 0 atom stereocenters. The standard InChI is InChI=1S/C13H17N3S/c1-4-6-10-7-5-8-11(9(10)2)12-14-15-13(17)16(12)3/h5,7-8H,4,6H2,1-3H3,(H,15,17). The van der Waals surface area contributed by atoms with E-state index >= 15 is 0 Å². The third-order valence-corrected chi connectivity index (χ3v) is 3.45. The quantitative estimate of drug-likeness (QED) is 0.843. The van der Waals surface area contributed by atoms with Crippen molar-refractivity contribution in [3.8, 4) is 11.4 Å². The first kappa shape index (κ1) is 12.0. The minimum Gasteiger partial charge on any atom is -0.303 e. The topological polar surface area (TPSA) is 33.6 Å². The molecule has 0 aliphatic rings. The first-order chi connectivity index (χ1) is 8.15. The zero-order chi connectivity index (χ0) is 12.4. The number of H-pyrrole nitrogens is 1. The molecule has 0 radical (unpaired) electrons. The van der Waals surface area contributed by atoms with Crippen LogP contribution in [0.1, 0.15) is 24.5 Å². The molecule has 17 heavy (non-hydrogen) atoms. The highest BCUT2D eigenvalue weighted by Gasteiger charge is 2.10. The van der Waals surface area contributed by atoms with Crippen LogP contribution in [0.3, 0.4) is 0 Å². The normalized spacial score (nSPS) is 10.8. The second kappa shape index (κ2) is 4.84. The molecule has 0 aliphatic carbocycles. The maximum absolute atomic E-state index is 5.15. The number of rotatable bonds is 3. The van der Waals surface area contributed by atoms with Crippen LogP contribution in [0.2, 0.25) is 0 Å². The summed E-state index contributed by atoms with van der Waals surface area (Å²) in [5.74, 6) is 0.908. The highest BCUT2D eigenvalue weighted by molar-refractivity contribution is 7.71. The Morgan fingerprint density at radius 2 is 2.18 bits per heavy atom. The third-order valence-electron chi connectivity index (χ3n) is 3.09. The van der Waals surface area contributed by atoms with Gasteiger partial charge >= 0.3 is 0 Å². The monoisotopic (exact) mass is 247 g/mol. The molecule has 0 saturated heterocycles. The van der Waals surface area contributed by atoms with Crippen molar-refractivity contribution in [1.29, 1.82) is 0 Å². The van der Waals surface area contributed by atoms with Crippen LogP contribution in [0, 0.1) is 11.7 Å². The Bertz CT molecular complexity index is 581. The first-order valence-electron chi connectivity index (χ1n) is 5.85. The van der Waals surface area contributed by atoms with Crippen molar-refractivity contribution in [2.45, 2.75) is 26.7 Å². The van der Waals surface area contributed by atoms with Gasteiger partial charge in [0, 0.05) is 12.6 Å². The molecule has 0 aliphatic heterocycles. The van der Waals surface area contributed by atoms with E-state index in [4.69, 9.17) is 12.2 Å². The molecule has 0 unspecified atom stereocenters. The van der Waals surface area contributed by atoms with Gasteiger partial charge in [0.15, 0.2) is 10.6 Å². The van der Waals surface area contributed by atoms with Crippen LogP contribution in [0.5, 0.6) is 0 Å². The number of benzene rings is 1. The van der Waals surface area contributed by atoms with Gasteiger partial charge in [0.2, 0.25) is 0 Å². The fourth-order valence-electron chi connectivity index (χ4n) is 2.05. The van der Waals surface area contributed by atoms with Crippen LogP contribution >= 0.6 is 12.2 Å². The van der Waals surface area contributed by atoms with Gasteiger partial charge in [-0.3, -0.25) is 5.10 Å². The minimum atomic E-state index is 0.653. The summed E-state index contributed by atoms with van der Waals surface area (Å²) in [6.07, 6.45) is 2.26. The van der Waals surface area contributed by atoms with Crippen LogP contribution in [-0.2, 0) is 13.5 Å². The highest BCUT2D eigenvalue weighted by atomic mass is 32.1. The average Bonchev–Trinajstić information content (AvgIpc) is 2.64. The van der Waals surface area contributed by atoms with Crippen molar-refractivity contribution in [3.05, 3.63) is 34.1 Å². The third kappa shape index (κ3) is 2.17. The molecular weight excluding hydrogens is 230 g/mol. The molecule has 1 aromatic heterocycles. The van der Waals surface area contributed by atoms with E-state index in [0.29, 0.717) is 4.77 Å². The predicted molar refractivity (Wildman–Crippen MR) is 72.6 cm³/mol. The molecule has 0 bridgehead atoms. The number of aryl methyl sites for hydroxylation is 1. The Morgan fingerprint density at radius 3 is 2.76 bits per heavy atom. The Kier molecular flexibility index (Phi) is 3.43. The predicted octanol–water partition coefficient (Wildman–Crippen LogP) is 3.41. The summed E-state index contributed by atoms with van der Waals surface area (Å²) >= 11 is 5.15. The summed E-state index contributed by atoms with van der Waals surface area (Å²) < 4.78 is 2.56. The number of nitrogens with one attached hydrogen (secondary N) is 1. The molecule has 3 nitrogen and oxygen atoms in total. The van der Waals surface area contributed by atoms with Gasteiger partial charge in [-0.25, -0.2) is 0 Å². The summed E-state index contributed by atoms with van der Waals surface area (Å²) in [6.45, 7) is 4.35. The van der Waals surface area contributed by atoms with Crippen LogP contribution in [-0.4, -0.2) is 14.8 Å². The lowest BCUT2D eigenvalue weighted by Crippen LogP contribution is -1.97. The number of aromatic amines is 1. The molecule has 2 aromatic rings. The van der Waals surface area contributed by atoms with E-state index in [1.807, 2.05) is 11.6 Å². The summed E-state index contributed by atoms with van der Waals surface area (Å²) in [4.78, 5) is 0. The van der Waals surface area contributed by atoms with E-state index in [1.54, 1.807) is 0 Å². The summed E-state index contributed by atoms with van der Waals surface area (Å²) in [7, 11) is 1.94. The van der Waals surface area contributed by atoms with Crippen LogP contribution < -0.4 is 0 Å². The molecule has 0 amide bonds. The van der Waals surface area contributed by atoms with Crippen molar-refractivity contribution in [3.63, 3.8) is 0 Å². The lowest BCUT2D eigenvalue weighted by molar-refractivity contribution is 0.893. The van der Waals surface area contributed by atoms with E-state index in [-0.39, 0.29) is 0 Å². The fourth-order valence-corrected chi connectivity index (χ4v) is 2.19. The molecule has 90 valence electrons. The van der Waals surface area contributed by atoms with E-state index in [0.717, 1.165) is 24.2 Å². The molecule has 0 fully saturated rings. The zero-order valence-electron chi connectivity index (χ0n) is 10.4. The van der Waals surface area contributed by atoms with Crippen LogP contribution in [0.25, 0.3) is 11.4 Å². The lowest BCUT2D eigenvalue weighted by atomic mass is 9.99. The smallest absolute Gasteiger partial charge is 0.195 e. The lowest BCUT2D eigenvalue weighted by Gasteiger charge is -2.09. The molecule has 0 saturated carbocycles. The SMILES string of the molecule is CCCc1cccc(-c2n[nH]c(=S)n2C)c1C. The summed E-state index contributed by atoms with van der Waals surface area (Å²) in [5, 5.41) is 7.12. The Balaban J connectivity index is 2.56. The van der Waals surface area contributed by atoms with Gasteiger partial charge in [-0.15, -0.1) is 0 Å². The Hall–Kier alpha value is -1.42. The molecule has 1 N–H and O–H groups in total. The Labute approximate surface area is 106 Å². The van der Waals surface area contributed by atoms with Crippen LogP contribution in [0.15, 0.2) is 18.2 Å². The van der Waals surface area contributed by atoms with Crippen molar-refractivity contribution in [2.24, 2.45) is 7.05 Å². The van der Waals surface area contributed by atoms with E-state index in [9.17, 15) is 0 Å². The van der Waals surface area contributed by atoms with Crippen molar-refractivity contribution in [1.82, 2.24) is 14.8 Å². The average molecular weight is 247 g/mol. The molecular formula is C13H17N3S. The van der Waals surface area contributed by atoms with E-state index in [2.05, 4.69) is 42.2 Å². The fraction of sp³-hybridized carbons (Fsp3) is 0.385. The maximum Gasteiger partial charge on any atom is 0.195 e. The van der Waals surface area contributed by atoms with Gasteiger partial charge in [-0.1, -0.05) is 31.5 Å². The van der Waals surface area contributed by atoms with Gasteiger partial charge in [-0.05, 0) is 36.7 Å². The maximum atomic E-state index is 5.15. The van der Waals surface area contributed by atoms with Crippen molar-refractivity contribution in [2.75, 3.05) is 0 Å². The molecule has 1 aromatic carbocycles. The van der Waals surface area contributed by atoms with Crippen molar-refractivity contribution < 1.29 is 0 Å². The highest BCUT2D eigenvalue weighted by Crippen LogP contribution is 2.24. The van der Waals surface area contributed by atoms with Crippen LogP contribution in [0.4, 0.5) is 0 Å².